The fourth-order valence-electron chi connectivity index (χ4n) is 3.91. The van der Waals surface area contributed by atoms with Gasteiger partial charge >= 0.3 is 0 Å². The lowest BCUT2D eigenvalue weighted by atomic mass is 9.99. The van der Waals surface area contributed by atoms with Crippen LogP contribution >= 0.6 is 11.3 Å². The summed E-state index contributed by atoms with van der Waals surface area (Å²) in [5.74, 6) is -0.0223. The smallest absolute Gasteiger partial charge is 0.271 e. The molecule has 0 radical (unpaired) electrons. The summed E-state index contributed by atoms with van der Waals surface area (Å²) in [5.41, 5.74) is -0.189. The number of rotatable bonds is 2. The molecule has 0 unspecified atom stereocenters. The van der Waals surface area contributed by atoms with Crippen molar-refractivity contribution in [2.24, 2.45) is 0 Å². The largest absolute Gasteiger partial charge is 0.340 e. The molecule has 138 valence electrons. The SMILES string of the molecule is Cc1cn2c(=O)c(C(=O)N3CCC(N4CCCCC4=O)CC3)cnc2s1. The van der Waals surface area contributed by atoms with Gasteiger partial charge in [0.25, 0.3) is 11.5 Å². The minimum atomic E-state index is -0.308. The standard InChI is InChI=1S/C18H22N4O3S/c1-12-11-22-17(25)14(10-19-18(22)26-12)16(24)20-8-5-13(6-9-20)21-7-3-2-4-15(21)23/h10-11,13H,2-9H2,1H3. The summed E-state index contributed by atoms with van der Waals surface area (Å²) in [5, 5.41) is 0. The summed E-state index contributed by atoms with van der Waals surface area (Å²) < 4.78 is 1.45. The van der Waals surface area contributed by atoms with E-state index >= 15 is 0 Å². The molecule has 4 rings (SSSR count). The third-order valence-electron chi connectivity index (χ3n) is 5.31. The second kappa shape index (κ2) is 6.83. The van der Waals surface area contributed by atoms with E-state index < -0.39 is 0 Å². The normalized spacial score (nSPS) is 19.3. The minimum Gasteiger partial charge on any atom is -0.340 e. The van der Waals surface area contributed by atoms with Crippen LogP contribution in [-0.4, -0.2) is 56.7 Å². The van der Waals surface area contributed by atoms with Gasteiger partial charge in [-0.05, 0) is 32.6 Å². The quantitative estimate of drug-likeness (QED) is 0.802. The lowest BCUT2D eigenvalue weighted by molar-refractivity contribution is -0.136. The Balaban J connectivity index is 1.48. The summed E-state index contributed by atoms with van der Waals surface area (Å²) in [6.07, 6.45) is 7.35. The van der Waals surface area contributed by atoms with Gasteiger partial charge in [-0.1, -0.05) is 0 Å². The van der Waals surface area contributed by atoms with Gasteiger partial charge in [-0.3, -0.25) is 18.8 Å². The van der Waals surface area contributed by atoms with E-state index in [1.54, 1.807) is 11.1 Å². The number of aryl methyl sites for hydroxylation is 1. The third kappa shape index (κ3) is 3.02. The van der Waals surface area contributed by atoms with Gasteiger partial charge in [0.2, 0.25) is 5.91 Å². The number of carbonyl (C=O) groups is 2. The maximum Gasteiger partial charge on any atom is 0.271 e. The molecule has 0 bridgehead atoms. The van der Waals surface area contributed by atoms with Crippen LogP contribution in [0.4, 0.5) is 0 Å². The van der Waals surface area contributed by atoms with Crippen molar-refractivity contribution < 1.29 is 9.59 Å². The average Bonchev–Trinajstić information content (AvgIpc) is 3.04. The van der Waals surface area contributed by atoms with Crippen LogP contribution in [0, 0.1) is 6.92 Å². The van der Waals surface area contributed by atoms with Gasteiger partial charge in [-0.25, -0.2) is 4.98 Å². The van der Waals surface area contributed by atoms with Crippen LogP contribution in [0.1, 0.15) is 47.3 Å². The number of aromatic nitrogens is 2. The maximum absolute atomic E-state index is 12.8. The van der Waals surface area contributed by atoms with Crippen molar-refractivity contribution in [3.63, 3.8) is 0 Å². The highest BCUT2D eigenvalue weighted by Crippen LogP contribution is 2.22. The molecule has 7 nitrogen and oxygen atoms in total. The molecule has 0 aromatic carbocycles. The number of amides is 2. The number of nitrogens with zero attached hydrogens (tertiary/aromatic N) is 4. The molecular weight excluding hydrogens is 352 g/mol. The third-order valence-corrected chi connectivity index (χ3v) is 6.22. The van der Waals surface area contributed by atoms with E-state index in [1.165, 1.54) is 21.9 Å². The Bertz CT molecular complexity index is 911. The van der Waals surface area contributed by atoms with Gasteiger partial charge in [0.1, 0.15) is 5.56 Å². The molecule has 2 aliphatic rings. The molecule has 2 aromatic heterocycles. The van der Waals surface area contributed by atoms with Gasteiger partial charge in [-0.2, -0.15) is 0 Å². The minimum absolute atomic E-state index is 0.118. The zero-order chi connectivity index (χ0) is 18.3. The summed E-state index contributed by atoms with van der Waals surface area (Å²) in [4.78, 5) is 47.1. The fraction of sp³-hybridized carbons (Fsp3) is 0.556. The maximum atomic E-state index is 12.8. The number of hydrogen-bond donors (Lipinski definition) is 0. The van der Waals surface area contributed by atoms with Crippen molar-refractivity contribution in [2.45, 2.75) is 45.1 Å². The second-order valence-electron chi connectivity index (χ2n) is 7.04. The van der Waals surface area contributed by atoms with Crippen LogP contribution in [0.3, 0.4) is 0 Å². The Morgan fingerprint density at radius 1 is 1.19 bits per heavy atom. The lowest BCUT2D eigenvalue weighted by Crippen LogP contribution is -2.50. The highest BCUT2D eigenvalue weighted by molar-refractivity contribution is 7.16. The summed E-state index contributed by atoms with van der Waals surface area (Å²) in [6.45, 7) is 3.88. The van der Waals surface area contributed by atoms with Gasteiger partial charge in [-0.15, -0.1) is 11.3 Å². The van der Waals surface area contributed by atoms with Crippen molar-refractivity contribution >= 4 is 28.1 Å². The molecule has 2 fully saturated rings. The number of likely N-dealkylation sites (tertiary alicyclic amines) is 2. The molecule has 8 heteroatoms. The number of piperidine rings is 2. The molecular formula is C18H22N4O3S. The Morgan fingerprint density at radius 2 is 1.96 bits per heavy atom. The van der Waals surface area contributed by atoms with Gasteiger partial charge in [0.05, 0.1) is 0 Å². The molecule has 0 saturated carbocycles. The summed E-state index contributed by atoms with van der Waals surface area (Å²) in [7, 11) is 0. The van der Waals surface area contributed by atoms with E-state index in [2.05, 4.69) is 4.98 Å². The van der Waals surface area contributed by atoms with Crippen molar-refractivity contribution in [1.82, 2.24) is 19.2 Å². The first-order chi connectivity index (χ1) is 12.5. The molecule has 4 heterocycles. The molecule has 2 aromatic rings. The molecule has 0 atom stereocenters. The lowest BCUT2D eigenvalue weighted by Gasteiger charge is -2.40. The van der Waals surface area contributed by atoms with Crippen molar-refractivity contribution in [2.75, 3.05) is 19.6 Å². The Hall–Kier alpha value is -2.22. The molecule has 0 N–H and O–H groups in total. The Kier molecular flexibility index (Phi) is 4.52. The van der Waals surface area contributed by atoms with E-state index in [0.29, 0.717) is 24.5 Å². The molecule has 26 heavy (non-hydrogen) atoms. The monoisotopic (exact) mass is 374 g/mol. The van der Waals surface area contributed by atoms with Crippen LogP contribution in [0.5, 0.6) is 0 Å². The predicted molar refractivity (Wildman–Crippen MR) is 98.6 cm³/mol. The first kappa shape index (κ1) is 17.2. The van der Waals surface area contributed by atoms with E-state index in [1.807, 2.05) is 11.8 Å². The highest BCUT2D eigenvalue weighted by Gasteiger charge is 2.31. The number of carbonyl (C=O) groups excluding carboxylic acids is 2. The van der Waals surface area contributed by atoms with E-state index in [9.17, 15) is 14.4 Å². The van der Waals surface area contributed by atoms with Crippen molar-refractivity contribution in [1.29, 1.82) is 0 Å². The number of thiazole rings is 1. The van der Waals surface area contributed by atoms with Gasteiger partial charge < -0.3 is 9.80 Å². The van der Waals surface area contributed by atoms with Crippen molar-refractivity contribution in [3.05, 3.63) is 33.2 Å². The molecule has 2 saturated heterocycles. The first-order valence-electron chi connectivity index (χ1n) is 9.11. The van der Waals surface area contributed by atoms with Gasteiger partial charge in [0.15, 0.2) is 4.96 Å². The second-order valence-corrected chi connectivity index (χ2v) is 8.25. The zero-order valence-corrected chi connectivity index (χ0v) is 15.6. The first-order valence-corrected chi connectivity index (χ1v) is 9.93. The van der Waals surface area contributed by atoms with Crippen LogP contribution in [0.15, 0.2) is 17.2 Å². The highest BCUT2D eigenvalue weighted by atomic mass is 32.1. The molecule has 2 aliphatic heterocycles. The van der Waals surface area contributed by atoms with Crippen LogP contribution < -0.4 is 5.56 Å². The molecule has 2 amide bonds. The number of hydrogen-bond acceptors (Lipinski definition) is 5. The van der Waals surface area contributed by atoms with E-state index in [-0.39, 0.29) is 29.0 Å². The Morgan fingerprint density at radius 3 is 2.69 bits per heavy atom. The number of fused-ring (bicyclic) bond motifs is 1. The van der Waals surface area contributed by atoms with E-state index in [0.717, 1.165) is 37.1 Å². The summed E-state index contributed by atoms with van der Waals surface area (Å²) in [6, 6.07) is 0.216. The molecule has 0 spiro atoms. The Labute approximate surface area is 155 Å². The van der Waals surface area contributed by atoms with Crippen LogP contribution in [-0.2, 0) is 4.79 Å². The van der Waals surface area contributed by atoms with Crippen molar-refractivity contribution in [3.8, 4) is 0 Å². The van der Waals surface area contributed by atoms with Crippen LogP contribution in [0.2, 0.25) is 0 Å². The average molecular weight is 374 g/mol. The van der Waals surface area contributed by atoms with Crippen LogP contribution in [0.25, 0.3) is 4.96 Å². The van der Waals surface area contributed by atoms with E-state index in [4.69, 9.17) is 0 Å². The van der Waals surface area contributed by atoms with Gasteiger partial charge in [0, 0.05) is 49.4 Å². The fourth-order valence-corrected chi connectivity index (χ4v) is 4.69. The predicted octanol–water partition coefficient (Wildman–Crippen LogP) is 1.68. The zero-order valence-electron chi connectivity index (χ0n) is 14.8. The molecule has 0 aliphatic carbocycles. The topological polar surface area (TPSA) is 75.0 Å². The summed E-state index contributed by atoms with van der Waals surface area (Å²) >= 11 is 1.43.